The Hall–Kier alpha value is -1.48. The molecule has 8 nitrogen and oxygen atoms in total. The Kier molecular flexibility index (Phi) is 4.31. The third-order valence-electron chi connectivity index (χ3n) is 3.57. The molecule has 2 N–H and O–H groups in total. The molecule has 0 aliphatic carbocycles. The predicted molar refractivity (Wildman–Crippen MR) is 81.4 cm³/mol. The molecule has 9 heteroatoms. The lowest BCUT2D eigenvalue weighted by atomic mass is 10.1. The van der Waals surface area contributed by atoms with Crippen molar-refractivity contribution in [3.05, 3.63) is 11.6 Å². The van der Waals surface area contributed by atoms with E-state index in [1.54, 1.807) is 4.68 Å². The van der Waals surface area contributed by atoms with Crippen LogP contribution in [0.25, 0.3) is 0 Å². The third kappa shape index (κ3) is 3.46. The molecule has 1 saturated heterocycles. The number of nitrogens with zero attached hydrogens (tertiary/aromatic N) is 4. The Morgan fingerprint density at radius 1 is 1.41 bits per heavy atom. The van der Waals surface area contributed by atoms with Crippen molar-refractivity contribution in [2.24, 2.45) is 5.73 Å². The van der Waals surface area contributed by atoms with Crippen LogP contribution >= 0.6 is 0 Å². The molecule has 2 rings (SSSR count). The smallest absolute Gasteiger partial charge is 0.225 e. The predicted octanol–water partition coefficient (Wildman–Crippen LogP) is 0.157. The van der Waals surface area contributed by atoms with E-state index in [9.17, 15) is 13.2 Å². The molecule has 2 heterocycles. The molecule has 0 spiro atoms. The van der Waals surface area contributed by atoms with E-state index >= 15 is 0 Å². The second kappa shape index (κ2) is 5.62. The van der Waals surface area contributed by atoms with Crippen molar-refractivity contribution in [3.63, 3.8) is 0 Å². The number of amides is 1. The first-order valence-electron chi connectivity index (χ1n) is 7.21. The fourth-order valence-corrected chi connectivity index (χ4v) is 3.83. The first kappa shape index (κ1) is 16.9. The van der Waals surface area contributed by atoms with Crippen LogP contribution in [0, 0.1) is 0 Å². The SMILES string of the molecule is CC(C)(C)n1nc(CC(N)=O)nc1[C@@H]1CCCN1S(C)(=O)=O. The summed E-state index contributed by atoms with van der Waals surface area (Å²) < 4.78 is 27.1. The first-order valence-corrected chi connectivity index (χ1v) is 9.06. The maximum Gasteiger partial charge on any atom is 0.225 e. The molecule has 1 atom stereocenters. The van der Waals surface area contributed by atoms with Gasteiger partial charge >= 0.3 is 0 Å². The molecule has 0 aromatic carbocycles. The highest BCUT2D eigenvalue weighted by Crippen LogP contribution is 2.34. The molecule has 0 radical (unpaired) electrons. The van der Waals surface area contributed by atoms with Crippen LogP contribution in [0.1, 0.15) is 51.3 Å². The number of carbonyl (C=O) groups is 1. The van der Waals surface area contributed by atoms with Crippen LogP contribution in [-0.2, 0) is 26.8 Å². The van der Waals surface area contributed by atoms with E-state index in [0.717, 1.165) is 6.42 Å². The van der Waals surface area contributed by atoms with E-state index in [1.807, 2.05) is 20.8 Å². The van der Waals surface area contributed by atoms with E-state index in [2.05, 4.69) is 10.1 Å². The summed E-state index contributed by atoms with van der Waals surface area (Å²) >= 11 is 0. The lowest BCUT2D eigenvalue weighted by Gasteiger charge is -2.27. The molecule has 0 saturated carbocycles. The number of primary amides is 1. The number of aromatic nitrogens is 3. The molecule has 1 aromatic rings. The van der Waals surface area contributed by atoms with Gasteiger partial charge in [0.25, 0.3) is 0 Å². The summed E-state index contributed by atoms with van der Waals surface area (Å²) in [6, 6.07) is -0.344. The number of hydrogen-bond donors (Lipinski definition) is 1. The summed E-state index contributed by atoms with van der Waals surface area (Å²) in [5, 5.41) is 4.37. The Balaban J connectivity index is 2.49. The van der Waals surface area contributed by atoms with Gasteiger partial charge in [0.15, 0.2) is 5.82 Å². The molecule has 124 valence electrons. The van der Waals surface area contributed by atoms with Crippen molar-refractivity contribution in [2.45, 2.75) is 51.6 Å². The van der Waals surface area contributed by atoms with Crippen LogP contribution in [0.4, 0.5) is 0 Å². The van der Waals surface area contributed by atoms with Gasteiger partial charge in [0.05, 0.1) is 24.3 Å². The van der Waals surface area contributed by atoms with E-state index in [4.69, 9.17) is 5.73 Å². The molecule has 1 aromatic heterocycles. The molecule has 0 unspecified atom stereocenters. The van der Waals surface area contributed by atoms with Crippen molar-refractivity contribution < 1.29 is 13.2 Å². The van der Waals surface area contributed by atoms with Gasteiger partial charge in [-0.25, -0.2) is 18.1 Å². The quantitative estimate of drug-likeness (QED) is 0.845. The van der Waals surface area contributed by atoms with Gasteiger partial charge < -0.3 is 5.73 Å². The van der Waals surface area contributed by atoms with E-state index in [1.165, 1.54) is 10.6 Å². The zero-order chi connectivity index (χ0) is 16.7. The monoisotopic (exact) mass is 329 g/mol. The third-order valence-corrected chi connectivity index (χ3v) is 4.86. The number of nitrogens with two attached hydrogens (primary N) is 1. The fourth-order valence-electron chi connectivity index (χ4n) is 2.70. The molecule has 1 amide bonds. The second-order valence-electron chi connectivity index (χ2n) is 6.64. The highest BCUT2D eigenvalue weighted by molar-refractivity contribution is 7.88. The van der Waals surface area contributed by atoms with Crippen LogP contribution in [0.15, 0.2) is 0 Å². The Bertz CT molecular complexity index is 674. The second-order valence-corrected chi connectivity index (χ2v) is 8.58. The van der Waals surface area contributed by atoms with Gasteiger partial charge in [-0.3, -0.25) is 4.79 Å². The normalized spacial score (nSPS) is 20.5. The molecule has 1 aliphatic rings. The van der Waals surface area contributed by atoms with E-state index in [-0.39, 0.29) is 18.0 Å². The topological polar surface area (TPSA) is 111 Å². The highest BCUT2D eigenvalue weighted by Gasteiger charge is 2.37. The van der Waals surface area contributed by atoms with Gasteiger partial charge in [-0.2, -0.15) is 9.40 Å². The minimum absolute atomic E-state index is 0.0539. The van der Waals surface area contributed by atoms with Crippen LogP contribution in [0.3, 0.4) is 0 Å². The summed E-state index contributed by atoms with van der Waals surface area (Å²) in [7, 11) is -3.32. The number of rotatable bonds is 4. The van der Waals surface area contributed by atoms with Crippen LogP contribution in [-0.4, -0.2) is 46.2 Å². The zero-order valence-corrected chi connectivity index (χ0v) is 14.2. The minimum Gasteiger partial charge on any atom is -0.369 e. The number of carbonyl (C=O) groups excluding carboxylic acids is 1. The van der Waals surface area contributed by atoms with Crippen molar-refractivity contribution in [1.82, 2.24) is 19.1 Å². The van der Waals surface area contributed by atoms with E-state index in [0.29, 0.717) is 24.6 Å². The Labute approximate surface area is 130 Å². The largest absolute Gasteiger partial charge is 0.369 e. The van der Waals surface area contributed by atoms with E-state index < -0.39 is 15.9 Å². The summed E-state index contributed by atoms with van der Waals surface area (Å²) in [6.45, 7) is 6.35. The van der Waals surface area contributed by atoms with Crippen molar-refractivity contribution >= 4 is 15.9 Å². The van der Waals surface area contributed by atoms with Gasteiger partial charge in [0.2, 0.25) is 15.9 Å². The van der Waals surface area contributed by atoms with Crippen LogP contribution < -0.4 is 5.73 Å². The minimum atomic E-state index is -3.32. The van der Waals surface area contributed by atoms with Crippen molar-refractivity contribution in [2.75, 3.05) is 12.8 Å². The summed E-state index contributed by atoms with van der Waals surface area (Å²) in [5.74, 6) is 0.397. The average Bonchev–Trinajstić information content (AvgIpc) is 2.90. The van der Waals surface area contributed by atoms with Gasteiger partial charge in [-0.1, -0.05) is 0 Å². The summed E-state index contributed by atoms with van der Waals surface area (Å²) in [5.41, 5.74) is 4.84. The highest BCUT2D eigenvalue weighted by atomic mass is 32.2. The molecule has 1 fully saturated rings. The van der Waals surface area contributed by atoms with Crippen molar-refractivity contribution in [1.29, 1.82) is 0 Å². The first-order chi connectivity index (χ1) is 10.00. The summed E-state index contributed by atoms with van der Waals surface area (Å²) in [6.07, 6.45) is 2.62. The van der Waals surface area contributed by atoms with Gasteiger partial charge in [0.1, 0.15) is 5.82 Å². The van der Waals surface area contributed by atoms with Crippen LogP contribution in [0.2, 0.25) is 0 Å². The fraction of sp³-hybridized carbons (Fsp3) is 0.769. The average molecular weight is 329 g/mol. The van der Waals surface area contributed by atoms with Crippen LogP contribution in [0.5, 0.6) is 0 Å². The standard InChI is InChI=1S/C13H23N5O3S/c1-13(2,3)18-12(15-11(16-18)8-10(14)19)9-6-5-7-17(9)22(4,20)21/h9H,5-8H2,1-4H3,(H2,14,19)/t9-/m0/s1. The van der Waals surface area contributed by atoms with Gasteiger partial charge in [-0.15, -0.1) is 0 Å². The molecular weight excluding hydrogens is 306 g/mol. The Morgan fingerprint density at radius 2 is 2.05 bits per heavy atom. The van der Waals surface area contributed by atoms with Crippen molar-refractivity contribution in [3.8, 4) is 0 Å². The molecule has 1 aliphatic heterocycles. The Morgan fingerprint density at radius 3 is 2.55 bits per heavy atom. The summed E-state index contributed by atoms with van der Waals surface area (Å²) in [4.78, 5) is 15.5. The van der Waals surface area contributed by atoms with Gasteiger partial charge in [0, 0.05) is 6.54 Å². The lowest BCUT2D eigenvalue weighted by molar-refractivity contribution is -0.117. The zero-order valence-electron chi connectivity index (χ0n) is 13.4. The molecule has 22 heavy (non-hydrogen) atoms. The number of sulfonamides is 1. The number of hydrogen-bond acceptors (Lipinski definition) is 5. The van der Waals surface area contributed by atoms with Gasteiger partial charge in [-0.05, 0) is 33.6 Å². The molecular formula is C13H23N5O3S. The maximum absolute atomic E-state index is 12.0. The molecule has 0 bridgehead atoms. The lowest BCUT2D eigenvalue weighted by Crippen LogP contribution is -2.34. The maximum atomic E-state index is 12.0.